The smallest absolute Gasteiger partial charge is 0.325 e. The molecule has 0 saturated carbocycles. The van der Waals surface area contributed by atoms with E-state index in [1.807, 2.05) is 25.1 Å². The molecular formula is C18H18ClN3O4. The molecule has 0 saturated heterocycles. The first-order valence-electron chi connectivity index (χ1n) is 8.00. The van der Waals surface area contributed by atoms with Crippen LogP contribution in [0.4, 0.5) is 10.5 Å². The summed E-state index contributed by atoms with van der Waals surface area (Å²) < 4.78 is 10.4. The van der Waals surface area contributed by atoms with Crippen LogP contribution < -0.4 is 25.4 Å². The first kappa shape index (κ1) is 18.0. The number of urea groups is 1. The van der Waals surface area contributed by atoms with Crippen molar-refractivity contribution in [3.05, 3.63) is 53.1 Å². The Morgan fingerprint density at radius 1 is 1.15 bits per heavy atom. The lowest BCUT2D eigenvalue weighted by Gasteiger charge is -2.14. The quantitative estimate of drug-likeness (QED) is 0.747. The van der Waals surface area contributed by atoms with Crippen molar-refractivity contribution in [3.8, 4) is 11.5 Å². The van der Waals surface area contributed by atoms with Crippen molar-refractivity contribution in [2.24, 2.45) is 0 Å². The number of nitrogens with one attached hydrogen (secondary N) is 3. The van der Waals surface area contributed by atoms with Gasteiger partial charge in [-0.25, -0.2) is 4.79 Å². The Hall–Kier alpha value is -2.77. The second kappa shape index (κ2) is 8.07. The average Bonchev–Trinajstić information content (AvgIpc) is 3.07. The lowest BCUT2D eigenvalue weighted by molar-refractivity contribution is -0.119. The molecule has 2 aromatic carbocycles. The predicted octanol–water partition coefficient (Wildman–Crippen LogP) is 3.07. The van der Waals surface area contributed by atoms with E-state index >= 15 is 0 Å². The molecule has 3 rings (SSSR count). The van der Waals surface area contributed by atoms with E-state index in [1.54, 1.807) is 24.3 Å². The second-order valence-corrected chi connectivity index (χ2v) is 6.16. The van der Waals surface area contributed by atoms with Gasteiger partial charge in [0, 0.05) is 22.8 Å². The van der Waals surface area contributed by atoms with Gasteiger partial charge in [0.25, 0.3) is 0 Å². The highest BCUT2D eigenvalue weighted by Gasteiger charge is 2.15. The third-order valence-corrected chi connectivity index (χ3v) is 4.04. The Bertz CT molecular complexity index is 828. The molecule has 0 fully saturated rings. The molecular weight excluding hydrogens is 358 g/mol. The molecule has 0 unspecified atom stereocenters. The summed E-state index contributed by atoms with van der Waals surface area (Å²) in [6.45, 7) is 2.05. The highest BCUT2D eigenvalue weighted by Crippen LogP contribution is 2.34. The van der Waals surface area contributed by atoms with Gasteiger partial charge in [-0.2, -0.15) is 0 Å². The highest BCUT2D eigenvalue weighted by atomic mass is 35.5. The van der Waals surface area contributed by atoms with Crippen molar-refractivity contribution < 1.29 is 19.1 Å². The molecule has 3 N–H and O–H groups in total. The van der Waals surface area contributed by atoms with Gasteiger partial charge < -0.3 is 20.1 Å². The van der Waals surface area contributed by atoms with Gasteiger partial charge in [0.1, 0.15) is 0 Å². The minimum atomic E-state index is -0.619. The van der Waals surface area contributed by atoms with Crippen LogP contribution in [0.15, 0.2) is 42.5 Å². The molecule has 0 aliphatic carbocycles. The number of hydrogen-bond donors (Lipinski definition) is 3. The maximum absolute atomic E-state index is 11.9. The van der Waals surface area contributed by atoms with Gasteiger partial charge in [0.05, 0.1) is 6.54 Å². The fraction of sp³-hybridized carbons (Fsp3) is 0.222. The number of halogens is 1. The minimum Gasteiger partial charge on any atom is -0.454 e. The molecule has 0 aromatic heterocycles. The van der Waals surface area contributed by atoms with E-state index in [-0.39, 0.29) is 19.4 Å². The zero-order valence-corrected chi connectivity index (χ0v) is 14.8. The summed E-state index contributed by atoms with van der Waals surface area (Å²) >= 11 is 5.96. The molecule has 2 aromatic rings. The molecule has 7 nitrogen and oxygen atoms in total. The van der Waals surface area contributed by atoms with E-state index in [0.29, 0.717) is 22.2 Å². The number of anilines is 1. The van der Waals surface area contributed by atoms with Gasteiger partial charge in [0.2, 0.25) is 12.7 Å². The number of imide groups is 1. The molecule has 26 heavy (non-hydrogen) atoms. The van der Waals surface area contributed by atoms with Gasteiger partial charge >= 0.3 is 6.03 Å². The zero-order valence-electron chi connectivity index (χ0n) is 14.0. The largest absolute Gasteiger partial charge is 0.454 e. The van der Waals surface area contributed by atoms with Gasteiger partial charge in [-0.15, -0.1) is 0 Å². The van der Waals surface area contributed by atoms with Crippen molar-refractivity contribution in [3.63, 3.8) is 0 Å². The van der Waals surface area contributed by atoms with Crippen LogP contribution >= 0.6 is 11.6 Å². The van der Waals surface area contributed by atoms with E-state index in [1.165, 1.54) is 0 Å². The van der Waals surface area contributed by atoms with Crippen molar-refractivity contribution in [2.75, 3.05) is 18.7 Å². The third kappa shape index (κ3) is 4.65. The first-order chi connectivity index (χ1) is 12.5. The molecule has 3 amide bonds. The molecule has 1 aliphatic rings. The fourth-order valence-electron chi connectivity index (χ4n) is 2.45. The standard InChI is InChI=1S/C18H18ClN3O4/c1-11(12-3-2-4-13(19)7-12)20-9-17(23)22-18(24)21-14-5-6-15-16(8-14)26-10-25-15/h2-8,11,20H,9-10H2,1H3,(H2,21,22,23,24)/t11-/m1/s1. The molecule has 1 atom stereocenters. The molecule has 1 aliphatic heterocycles. The first-order valence-corrected chi connectivity index (χ1v) is 8.38. The van der Waals surface area contributed by atoms with Crippen LogP contribution in [0.1, 0.15) is 18.5 Å². The third-order valence-electron chi connectivity index (χ3n) is 3.80. The summed E-state index contributed by atoms with van der Waals surface area (Å²) in [6.07, 6.45) is 0. The summed E-state index contributed by atoms with van der Waals surface area (Å²) in [5.74, 6) is 0.717. The van der Waals surface area contributed by atoms with Crippen LogP contribution in [-0.2, 0) is 4.79 Å². The number of rotatable bonds is 5. The van der Waals surface area contributed by atoms with Gasteiger partial charge in [0.15, 0.2) is 11.5 Å². The van der Waals surface area contributed by atoms with E-state index in [4.69, 9.17) is 21.1 Å². The predicted molar refractivity (Wildman–Crippen MR) is 97.6 cm³/mol. The van der Waals surface area contributed by atoms with E-state index < -0.39 is 11.9 Å². The summed E-state index contributed by atoms with van der Waals surface area (Å²) in [6, 6.07) is 11.6. The molecule has 0 spiro atoms. The Kier molecular flexibility index (Phi) is 5.60. The molecule has 0 bridgehead atoms. The van der Waals surface area contributed by atoms with Crippen LogP contribution in [0.5, 0.6) is 11.5 Å². The van der Waals surface area contributed by atoms with E-state index in [0.717, 1.165) is 5.56 Å². The minimum absolute atomic E-state index is 0.0117. The summed E-state index contributed by atoms with van der Waals surface area (Å²) in [5.41, 5.74) is 1.45. The van der Waals surface area contributed by atoms with Crippen molar-refractivity contribution >= 4 is 29.2 Å². The molecule has 1 heterocycles. The SMILES string of the molecule is C[C@@H](NCC(=O)NC(=O)Nc1ccc2c(c1)OCO2)c1cccc(Cl)c1. The number of amides is 3. The van der Waals surface area contributed by atoms with Crippen LogP contribution in [0.25, 0.3) is 0 Å². The molecule has 8 heteroatoms. The Morgan fingerprint density at radius 2 is 1.96 bits per heavy atom. The summed E-state index contributed by atoms with van der Waals surface area (Å²) in [4.78, 5) is 23.9. The Morgan fingerprint density at radius 3 is 2.77 bits per heavy atom. The Balaban J connectivity index is 1.46. The fourth-order valence-corrected chi connectivity index (χ4v) is 2.65. The number of carbonyl (C=O) groups is 2. The Labute approximate surface area is 155 Å². The number of ether oxygens (including phenoxy) is 2. The number of fused-ring (bicyclic) bond motifs is 1. The van der Waals surface area contributed by atoms with Crippen molar-refractivity contribution in [2.45, 2.75) is 13.0 Å². The number of carbonyl (C=O) groups excluding carboxylic acids is 2. The van der Waals surface area contributed by atoms with Crippen LogP contribution in [0, 0.1) is 0 Å². The zero-order chi connectivity index (χ0) is 18.5. The monoisotopic (exact) mass is 375 g/mol. The second-order valence-electron chi connectivity index (χ2n) is 5.73. The normalized spacial score (nSPS) is 13.2. The maximum atomic E-state index is 11.9. The maximum Gasteiger partial charge on any atom is 0.325 e. The average molecular weight is 376 g/mol. The van der Waals surface area contributed by atoms with E-state index in [9.17, 15) is 9.59 Å². The molecule has 0 radical (unpaired) electrons. The number of benzene rings is 2. The topological polar surface area (TPSA) is 88.7 Å². The van der Waals surface area contributed by atoms with Crippen LogP contribution in [0.3, 0.4) is 0 Å². The summed E-state index contributed by atoms with van der Waals surface area (Å²) in [5, 5.41) is 8.51. The van der Waals surface area contributed by atoms with Crippen LogP contribution in [-0.4, -0.2) is 25.3 Å². The summed E-state index contributed by atoms with van der Waals surface area (Å²) in [7, 11) is 0. The van der Waals surface area contributed by atoms with Gasteiger partial charge in [-0.05, 0) is 36.8 Å². The van der Waals surface area contributed by atoms with Gasteiger partial charge in [-0.3, -0.25) is 10.1 Å². The van der Waals surface area contributed by atoms with E-state index in [2.05, 4.69) is 16.0 Å². The van der Waals surface area contributed by atoms with Gasteiger partial charge in [-0.1, -0.05) is 23.7 Å². The molecule has 136 valence electrons. The number of hydrogen-bond acceptors (Lipinski definition) is 5. The van der Waals surface area contributed by atoms with Crippen molar-refractivity contribution in [1.29, 1.82) is 0 Å². The van der Waals surface area contributed by atoms with Crippen molar-refractivity contribution in [1.82, 2.24) is 10.6 Å². The van der Waals surface area contributed by atoms with Crippen LogP contribution in [0.2, 0.25) is 5.02 Å². The lowest BCUT2D eigenvalue weighted by atomic mass is 10.1. The lowest BCUT2D eigenvalue weighted by Crippen LogP contribution is -2.40. The highest BCUT2D eigenvalue weighted by molar-refractivity contribution is 6.30.